The SMILES string of the molecule is Cc1ccc(-c2ccc3ccc4c(-c5cc(-c6cccc7c6oc6ccccc67)cc(-n6c7c(c8ccccc86)C=CCC7)c5)ccc5ccc2c3c54)cc1. The predicted molar refractivity (Wildman–Crippen MR) is 233 cm³/mol. The number of hydrogen-bond acceptors (Lipinski definition) is 1. The molecule has 55 heavy (non-hydrogen) atoms. The highest BCUT2D eigenvalue weighted by Gasteiger charge is 2.22. The van der Waals surface area contributed by atoms with Gasteiger partial charge >= 0.3 is 0 Å². The van der Waals surface area contributed by atoms with Crippen molar-refractivity contribution in [3.8, 4) is 39.1 Å². The van der Waals surface area contributed by atoms with Crippen molar-refractivity contribution < 1.29 is 4.42 Å². The maximum atomic E-state index is 6.66. The van der Waals surface area contributed by atoms with Gasteiger partial charge in [-0.3, -0.25) is 0 Å². The van der Waals surface area contributed by atoms with E-state index in [1.165, 1.54) is 88.0 Å². The Labute approximate surface area is 318 Å². The number of fused-ring (bicyclic) bond motifs is 6. The summed E-state index contributed by atoms with van der Waals surface area (Å²) in [4.78, 5) is 0. The maximum absolute atomic E-state index is 6.66. The van der Waals surface area contributed by atoms with Gasteiger partial charge in [0.2, 0.25) is 0 Å². The lowest BCUT2D eigenvalue weighted by atomic mass is 9.86. The summed E-state index contributed by atoms with van der Waals surface area (Å²) in [5, 5.41) is 11.3. The van der Waals surface area contributed by atoms with Gasteiger partial charge in [-0.25, -0.2) is 0 Å². The molecule has 2 aromatic heterocycles. The van der Waals surface area contributed by atoms with E-state index in [1.54, 1.807) is 0 Å². The van der Waals surface area contributed by atoms with E-state index in [2.05, 4.69) is 181 Å². The van der Waals surface area contributed by atoms with Crippen molar-refractivity contribution in [1.82, 2.24) is 4.57 Å². The molecule has 2 nitrogen and oxygen atoms in total. The predicted octanol–water partition coefficient (Wildman–Crippen LogP) is 14.7. The topological polar surface area (TPSA) is 18.1 Å². The smallest absolute Gasteiger partial charge is 0.143 e. The molecule has 0 aliphatic heterocycles. The number of rotatable bonds is 4. The van der Waals surface area contributed by atoms with Crippen LogP contribution in [0.5, 0.6) is 0 Å². The second kappa shape index (κ2) is 11.5. The molecule has 0 saturated carbocycles. The summed E-state index contributed by atoms with van der Waals surface area (Å²) in [5.74, 6) is 0. The fraction of sp³-hybridized carbons (Fsp3) is 0.0566. The molecule has 0 bridgehead atoms. The van der Waals surface area contributed by atoms with Gasteiger partial charge in [-0.2, -0.15) is 0 Å². The summed E-state index contributed by atoms with van der Waals surface area (Å²) in [6.45, 7) is 2.15. The van der Waals surface area contributed by atoms with Crippen molar-refractivity contribution in [1.29, 1.82) is 0 Å². The van der Waals surface area contributed by atoms with Crippen LogP contribution in [0.4, 0.5) is 0 Å². The first kappa shape index (κ1) is 30.6. The number of nitrogens with zero attached hydrogens (tertiary/aromatic N) is 1. The molecule has 0 amide bonds. The quantitative estimate of drug-likeness (QED) is 0.167. The van der Waals surface area contributed by atoms with Crippen LogP contribution in [0.15, 0.2) is 168 Å². The molecule has 11 aromatic rings. The Kier molecular flexibility index (Phi) is 6.41. The largest absolute Gasteiger partial charge is 0.455 e. The summed E-state index contributed by atoms with van der Waals surface area (Å²) >= 11 is 0. The van der Waals surface area contributed by atoms with Gasteiger partial charge in [0, 0.05) is 38.7 Å². The van der Waals surface area contributed by atoms with Gasteiger partial charge in [-0.15, -0.1) is 0 Å². The Morgan fingerprint density at radius 1 is 0.509 bits per heavy atom. The van der Waals surface area contributed by atoms with Gasteiger partial charge in [0.15, 0.2) is 0 Å². The minimum Gasteiger partial charge on any atom is -0.455 e. The molecule has 12 rings (SSSR count). The highest BCUT2D eigenvalue weighted by atomic mass is 16.3. The molecule has 258 valence electrons. The lowest BCUT2D eigenvalue weighted by molar-refractivity contribution is 0.670. The highest BCUT2D eigenvalue weighted by molar-refractivity contribution is 6.27. The monoisotopic (exact) mass is 701 g/mol. The van der Waals surface area contributed by atoms with Crippen molar-refractivity contribution >= 4 is 71.2 Å². The summed E-state index contributed by atoms with van der Waals surface area (Å²) in [5.41, 5.74) is 15.4. The number of aryl methyl sites for hydroxylation is 1. The van der Waals surface area contributed by atoms with Crippen molar-refractivity contribution in [3.63, 3.8) is 0 Å². The van der Waals surface area contributed by atoms with Crippen LogP contribution in [0.25, 0.3) is 110 Å². The van der Waals surface area contributed by atoms with Crippen LogP contribution in [0.2, 0.25) is 0 Å². The average Bonchev–Trinajstić information content (AvgIpc) is 3.79. The van der Waals surface area contributed by atoms with Crippen LogP contribution >= 0.6 is 0 Å². The number of hydrogen-bond donors (Lipinski definition) is 0. The summed E-state index contributed by atoms with van der Waals surface area (Å²) in [7, 11) is 0. The lowest BCUT2D eigenvalue weighted by Crippen LogP contribution is -2.03. The zero-order chi connectivity index (χ0) is 36.2. The molecule has 1 aliphatic rings. The minimum atomic E-state index is 0.912. The molecule has 0 N–H and O–H groups in total. The average molecular weight is 702 g/mol. The number of para-hydroxylation sites is 3. The van der Waals surface area contributed by atoms with Crippen LogP contribution in [0.3, 0.4) is 0 Å². The van der Waals surface area contributed by atoms with E-state index in [-0.39, 0.29) is 0 Å². The van der Waals surface area contributed by atoms with Crippen molar-refractivity contribution in [3.05, 3.63) is 181 Å². The first-order valence-electron chi connectivity index (χ1n) is 19.3. The van der Waals surface area contributed by atoms with Crippen molar-refractivity contribution in [2.45, 2.75) is 19.8 Å². The van der Waals surface area contributed by atoms with E-state index in [0.29, 0.717) is 0 Å². The molecule has 0 fully saturated rings. The van der Waals surface area contributed by atoms with Crippen LogP contribution < -0.4 is 0 Å². The Balaban J connectivity index is 1.16. The summed E-state index contributed by atoms with van der Waals surface area (Å²) < 4.78 is 9.18. The molecule has 2 heterocycles. The molecule has 0 radical (unpaired) electrons. The third-order valence-electron chi connectivity index (χ3n) is 12.1. The summed E-state index contributed by atoms with van der Waals surface area (Å²) in [6, 6.07) is 58.4. The second-order valence-corrected chi connectivity index (χ2v) is 15.2. The third kappa shape index (κ3) is 4.49. The van der Waals surface area contributed by atoms with Gasteiger partial charge < -0.3 is 8.98 Å². The molecular weight excluding hydrogens is 667 g/mol. The molecule has 0 saturated heterocycles. The van der Waals surface area contributed by atoms with E-state index in [4.69, 9.17) is 4.42 Å². The zero-order valence-electron chi connectivity index (χ0n) is 30.4. The Bertz CT molecular complexity index is 3370. The first-order valence-corrected chi connectivity index (χ1v) is 19.3. The van der Waals surface area contributed by atoms with Gasteiger partial charge in [-0.1, -0.05) is 145 Å². The van der Waals surface area contributed by atoms with Crippen molar-refractivity contribution in [2.75, 3.05) is 0 Å². The molecule has 9 aromatic carbocycles. The fourth-order valence-corrected chi connectivity index (χ4v) is 9.53. The van der Waals surface area contributed by atoms with Crippen LogP contribution in [-0.2, 0) is 6.42 Å². The molecular formula is C53H35NO. The standard InChI is InChI=1S/C53H35NO/c1-32-17-19-33(20-18-32)39-25-21-34-24-28-46-40(26-22-35-23-27-45(39)51(34)52(35)46)36-29-37(41-12-8-13-47-44-11-4-7-16-50(44)55-53(41)47)31-38(30-36)54-48-14-5-2-9-42(48)43-10-3-6-15-49(43)54/h2-5,7-14,16-31H,6,15H2,1H3. The first-order chi connectivity index (χ1) is 27.2. The molecule has 0 atom stereocenters. The number of allylic oxidation sites excluding steroid dienone is 1. The van der Waals surface area contributed by atoms with E-state index in [1.807, 2.05) is 0 Å². The van der Waals surface area contributed by atoms with Gasteiger partial charge in [-0.05, 0) is 110 Å². The Morgan fingerprint density at radius 2 is 1.16 bits per heavy atom. The van der Waals surface area contributed by atoms with Gasteiger partial charge in [0.05, 0.1) is 5.52 Å². The third-order valence-corrected chi connectivity index (χ3v) is 12.1. The van der Waals surface area contributed by atoms with E-state index in [9.17, 15) is 0 Å². The molecule has 0 spiro atoms. The van der Waals surface area contributed by atoms with Crippen molar-refractivity contribution in [2.24, 2.45) is 0 Å². The van der Waals surface area contributed by atoms with Crippen LogP contribution in [0, 0.1) is 6.92 Å². The number of aromatic nitrogens is 1. The Morgan fingerprint density at radius 3 is 1.95 bits per heavy atom. The number of benzene rings is 9. The van der Waals surface area contributed by atoms with Gasteiger partial charge in [0.25, 0.3) is 0 Å². The highest BCUT2D eigenvalue weighted by Crippen LogP contribution is 2.45. The van der Waals surface area contributed by atoms with Gasteiger partial charge in [0.1, 0.15) is 11.2 Å². The molecule has 2 heteroatoms. The van der Waals surface area contributed by atoms with E-state index in [0.717, 1.165) is 45.9 Å². The normalized spacial score (nSPS) is 13.0. The van der Waals surface area contributed by atoms with Crippen LogP contribution in [0.1, 0.15) is 23.2 Å². The molecule has 1 aliphatic carbocycles. The van der Waals surface area contributed by atoms with E-state index >= 15 is 0 Å². The van der Waals surface area contributed by atoms with E-state index < -0.39 is 0 Å². The maximum Gasteiger partial charge on any atom is 0.143 e. The molecule has 0 unspecified atom stereocenters. The van der Waals surface area contributed by atoms with Crippen LogP contribution in [-0.4, -0.2) is 4.57 Å². The minimum absolute atomic E-state index is 0.912. The number of furan rings is 1. The zero-order valence-corrected chi connectivity index (χ0v) is 30.4. The second-order valence-electron chi connectivity index (χ2n) is 15.2. The lowest BCUT2D eigenvalue weighted by Gasteiger charge is -2.19. The Hall–Kier alpha value is -6.90. The fourth-order valence-electron chi connectivity index (χ4n) is 9.53. The summed E-state index contributed by atoms with van der Waals surface area (Å²) in [6.07, 6.45) is 6.68.